The highest BCUT2D eigenvalue weighted by Crippen LogP contribution is 2.20. The van der Waals surface area contributed by atoms with Gasteiger partial charge in [0.15, 0.2) is 5.79 Å². The average Bonchev–Trinajstić information content (AvgIpc) is 2.41. The molecule has 0 fully saturated rings. The Balaban J connectivity index is 3.33. The molecule has 0 saturated carbocycles. The largest absolute Gasteiger partial charge is 0.366 e. The summed E-state index contributed by atoms with van der Waals surface area (Å²) in [6.45, 7) is 4.44. The van der Waals surface area contributed by atoms with E-state index >= 15 is 0 Å². The molecule has 20 heavy (non-hydrogen) atoms. The van der Waals surface area contributed by atoms with Gasteiger partial charge in [-0.25, -0.2) is 0 Å². The molecule has 0 radical (unpaired) electrons. The monoisotopic (exact) mass is 286 g/mol. The summed E-state index contributed by atoms with van der Waals surface area (Å²) in [5.41, 5.74) is 0. The molecule has 2 N–H and O–H groups in total. The van der Waals surface area contributed by atoms with Gasteiger partial charge in [-0.05, 0) is 12.8 Å². The van der Waals surface area contributed by atoms with Gasteiger partial charge in [-0.2, -0.15) is 0 Å². The molecule has 0 aromatic rings. The van der Waals surface area contributed by atoms with Gasteiger partial charge in [0.25, 0.3) is 0 Å². The number of hydrogen-bond acceptors (Lipinski definition) is 2. The van der Waals surface area contributed by atoms with E-state index in [1.165, 1.54) is 57.8 Å². The van der Waals surface area contributed by atoms with Crippen molar-refractivity contribution in [1.29, 1.82) is 0 Å². The summed E-state index contributed by atoms with van der Waals surface area (Å²) in [5.74, 6) is -1.41. The Morgan fingerprint density at radius 3 is 1.15 bits per heavy atom. The first-order valence-electron chi connectivity index (χ1n) is 9.07. The van der Waals surface area contributed by atoms with E-state index in [0.29, 0.717) is 12.8 Å². The highest BCUT2D eigenvalue weighted by atomic mass is 16.5. The van der Waals surface area contributed by atoms with E-state index in [9.17, 15) is 10.2 Å². The van der Waals surface area contributed by atoms with Crippen molar-refractivity contribution in [2.75, 3.05) is 0 Å². The molecule has 0 amide bonds. The minimum Gasteiger partial charge on any atom is -0.366 e. The van der Waals surface area contributed by atoms with Crippen molar-refractivity contribution in [2.24, 2.45) is 0 Å². The minimum absolute atomic E-state index is 0.549. The summed E-state index contributed by atoms with van der Waals surface area (Å²) in [5, 5.41) is 19.8. The molecule has 0 atom stereocenters. The van der Waals surface area contributed by atoms with Gasteiger partial charge in [-0.1, -0.05) is 84.5 Å². The first-order chi connectivity index (χ1) is 9.62. The number of aliphatic hydroxyl groups is 2. The van der Waals surface area contributed by atoms with Crippen LogP contribution in [-0.2, 0) is 0 Å². The molecule has 0 rings (SSSR count). The molecular weight excluding hydrogens is 248 g/mol. The Kier molecular flexibility index (Phi) is 13.8. The average molecular weight is 286 g/mol. The van der Waals surface area contributed by atoms with Crippen LogP contribution in [-0.4, -0.2) is 16.0 Å². The first-order valence-corrected chi connectivity index (χ1v) is 9.07. The van der Waals surface area contributed by atoms with Crippen molar-refractivity contribution < 1.29 is 10.2 Å². The zero-order valence-corrected chi connectivity index (χ0v) is 14.0. The van der Waals surface area contributed by atoms with Crippen LogP contribution in [0.5, 0.6) is 0 Å². The fourth-order valence-corrected chi connectivity index (χ4v) is 2.68. The second kappa shape index (κ2) is 13.9. The van der Waals surface area contributed by atoms with E-state index < -0.39 is 5.79 Å². The maximum atomic E-state index is 9.90. The normalized spacial score (nSPS) is 12.0. The van der Waals surface area contributed by atoms with Crippen LogP contribution in [0, 0.1) is 0 Å². The summed E-state index contributed by atoms with van der Waals surface area (Å²) in [6.07, 6.45) is 16.9. The zero-order valence-electron chi connectivity index (χ0n) is 14.0. The Bertz CT molecular complexity index is 190. The molecule has 0 aromatic carbocycles. The molecule has 0 unspecified atom stereocenters. The molecule has 0 saturated heterocycles. The molecule has 0 aliphatic rings. The molecule has 122 valence electrons. The van der Waals surface area contributed by atoms with Gasteiger partial charge in [-0.15, -0.1) is 0 Å². The lowest BCUT2D eigenvalue weighted by Gasteiger charge is -2.21. The third-order valence-electron chi connectivity index (χ3n) is 4.11. The van der Waals surface area contributed by atoms with Crippen molar-refractivity contribution in [3.8, 4) is 0 Å². The van der Waals surface area contributed by atoms with Crippen LogP contribution >= 0.6 is 0 Å². The van der Waals surface area contributed by atoms with E-state index in [4.69, 9.17) is 0 Å². The Hall–Kier alpha value is -0.0800. The predicted molar refractivity (Wildman–Crippen MR) is 87.8 cm³/mol. The van der Waals surface area contributed by atoms with Crippen molar-refractivity contribution in [2.45, 2.75) is 116 Å². The molecule has 0 bridgehead atoms. The third-order valence-corrected chi connectivity index (χ3v) is 4.11. The van der Waals surface area contributed by atoms with Gasteiger partial charge >= 0.3 is 0 Å². The van der Waals surface area contributed by atoms with Crippen molar-refractivity contribution in [1.82, 2.24) is 0 Å². The van der Waals surface area contributed by atoms with E-state index in [2.05, 4.69) is 13.8 Å². The molecule has 0 heterocycles. The molecule has 2 nitrogen and oxygen atoms in total. The highest BCUT2D eigenvalue weighted by Gasteiger charge is 2.21. The lowest BCUT2D eigenvalue weighted by atomic mass is 9.99. The standard InChI is InChI=1S/C18H38O2/c1-3-5-7-9-10-11-13-15-17-18(19,20)16-14-12-8-6-4-2/h19-20H,3-17H2,1-2H3. The highest BCUT2D eigenvalue weighted by molar-refractivity contribution is 4.65. The van der Waals surface area contributed by atoms with Crippen molar-refractivity contribution in [3.05, 3.63) is 0 Å². The third kappa shape index (κ3) is 14.3. The summed E-state index contributed by atoms with van der Waals surface area (Å²) in [4.78, 5) is 0. The van der Waals surface area contributed by atoms with E-state index in [1.54, 1.807) is 0 Å². The van der Waals surface area contributed by atoms with Crippen LogP contribution in [0.4, 0.5) is 0 Å². The van der Waals surface area contributed by atoms with Crippen molar-refractivity contribution >= 4 is 0 Å². The summed E-state index contributed by atoms with van der Waals surface area (Å²) in [7, 11) is 0. The summed E-state index contributed by atoms with van der Waals surface area (Å²) in [6, 6.07) is 0. The lowest BCUT2D eigenvalue weighted by Crippen LogP contribution is -2.27. The van der Waals surface area contributed by atoms with E-state index in [1.807, 2.05) is 0 Å². The minimum atomic E-state index is -1.41. The quantitative estimate of drug-likeness (QED) is 0.306. The van der Waals surface area contributed by atoms with E-state index in [-0.39, 0.29) is 0 Å². The molecule has 0 aromatic heterocycles. The smallest absolute Gasteiger partial charge is 0.162 e. The zero-order chi connectivity index (χ0) is 15.1. The van der Waals surface area contributed by atoms with E-state index in [0.717, 1.165) is 25.7 Å². The van der Waals surface area contributed by atoms with Gasteiger partial charge < -0.3 is 10.2 Å². The number of rotatable bonds is 15. The van der Waals surface area contributed by atoms with Crippen LogP contribution in [0.15, 0.2) is 0 Å². The fraction of sp³-hybridized carbons (Fsp3) is 1.00. The van der Waals surface area contributed by atoms with Crippen molar-refractivity contribution in [3.63, 3.8) is 0 Å². The Labute approximate surface area is 127 Å². The van der Waals surface area contributed by atoms with Crippen LogP contribution in [0.3, 0.4) is 0 Å². The van der Waals surface area contributed by atoms with Crippen LogP contribution in [0.2, 0.25) is 0 Å². The Morgan fingerprint density at radius 1 is 0.500 bits per heavy atom. The second-order valence-electron chi connectivity index (χ2n) is 6.37. The molecule has 2 heteroatoms. The topological polar surface area (TPSA) is 40.5 Å². The van der Waals surface area contributed by atoms with Gasteiger partial charge in [-0.3, -0.25) is 0 Å². The maximum absolute atomic E-state index is 9.90. The van der Waals surface area contributed by atoms with Crippen LogP contribution in [0.25, 0.3) is 0 Å². The predicted octanol–water partition coefficient (Wildman–Crippen LogP) is 5.56. The summed E-state index contributed by atoms with van der Waals surface area (Å²) >= 11 is 0. The molecule has 0 spiro atoms. The number of unbranched alkanes of at least 4 members (excludes halogenated alkanes) is 11. The fourth-order valence-electron chi connectivity index (χ4n) is 2.68. The SMILES string of the molecule is CCCCCCCCCCC(O)(O)CCCCCCC. The number of hydrogen-bond donors (Lipinski definition) is 2. The second-order valence-corrected chi connectivity index (χ2v) is 6.37. The molecule has 0 aliphatic heterocycles. The van der Waals surface area contributed by atoms with Gasteiger partial charge in [0.1, 0.15) is 0 Å². The Morgan fingerprint density at radius 2 is 0.800 bits per heavy atom. The molecule has 0 aliphatic carbocycles. The molecular formula is C18H38O2. The van der Waals surface area contributed by atoms with Crippen LogP contribution in [0.1, 0.15) is 110 Å². The van der Waals surface area contributed by atoms with Gasteiger partial charge in [0.2, 0.25) is 0 Å². The lowest BCUT2D eigenvalue weighted by molar-refractivity contribution is -0.172. The van der Waals surface area contributed by atoms with Gasteiger partial charge in [0.05, 0.1) is 0 Å². The van der Waals surface area contributed by atoms with Gasteiger partial charge in [0, 0.05) is 12.8 Å². The summed E-state index contributed by atoms with van der Waals surface area (Å²) < 4.78 is 0. The first kappa shape index (κ1) is 19.9. The van der Waals surface area contributed by atoms with Crippen LogP contribution < -0.4 is 0 Å². The maximum Gasteiger partial charge on any atom is 0.162 e.